The molecule has 1 aromatic heterocycles. The first-order chi connectivity index (χ1) is 11.6. The first-order valence-electron chi connectivity index (χ1n) is 7.97. The number of fused-ring (bicyclic) bond motifs is 1. The molecule has 3 nitrogen and oxygen atoms in total. The molecule has 1 heterocycles. The molecule has 3 rings (SSSR count). The SMILES string of the molecule is CCCn1c(SCc2ccc(C)cc2)nc2ccc(Br)cc2c1=O. The molecule has 5 heteroatoms. The van der Waals surface area contributed by atoms with E-state index in [-0.39, 0.29) is 5.56 Å². The Labute approximate surface area is 154 Å². The summed E-state index contributed by atoms with van der Waals surface area (Å²) in [7, 11) is 0. The van der Waals surface area contributed by atoms with Crippen molar-refractivity contribution in [3.8, 4) is 0 Å². The number of benzene rings is 2. The fourth-order valence-corrected chi connectivity index (χ4v) is 3.88. The highest BCUT2D eigenvalue weighted by Crippen LogP contribution is 2.24. The van der Waals surface area contributed by atoms with Gasteiger partial charge in [0, 0.05) is 16.8 Å². The summed E-state index contributed by atoms with van der Waals surface area (Å²) >= 11 is 5.05. The minimum Gasteiger partial charge on any atom is -0.287 e. The molecule has 24 heavy (non-hydrogen) atoms. The highest BCUT2D eigenvalue weighted by atomic mass is 79.9. The molecule has 0 atom stereocenters. The third-order valence-electron chi connectivity index (χ3n) is 3.82. The number of halogens is 1. The van der Waals surface area contributed by atoms with Crippen LogP contribution in [0.2, 0.25) is 0 Å². The van der Waals surface area contributed by atoms with Crippen molar-refractivity contribution < 1.29 is 0 Å². The molecule has 0 saturated carbocycles. The maximum atomic E-state index is 12.8. The second-order valence-electron chi connectivity index (χ2n) is 5.79. The van der Waals surface area contributed by atoms with Crippen molar-refractivity contribution in [3.63, 3.8) is 0 Å². The molecule has 0 amide bonds. The summed E-state index contributed by atoms with van der Waals surface area (Å²) in [6.45, 7) is 4.84. The number of rotatable bonds is 5. The van der Waals surface area contributed by atoms with Crippen LogP contribution in [0.1, 0.15) is 24.5 Å². The van der Waals surface area contributed by atoms with Gasteiger partial charge in [0.1, 0.15) is 0 Å². The Morgan fingerprint density at radius 2 is 1.92 bits per heavy atom. The van der Waals surface area contributed by atoms with Gasteiger partial charge in [0.2, 0.25) is 0 Å². The highest BCUT2D eigenvalue weighted by Gasteiger charge is 2.11. The highest BCUT2D eigenvalue weighted by molar-refractivity contribution is 9.10. The molecule has 0 fully saturated rings. The molecule has 0 aliphatic heterocycles. The molecule has 0 aliphatic rings. The van der Waals surface area contributed by atoms with Crippen molar-refractivity contribution in [1.82, 2.24) is 9.55 Å². The largest absolute Gasteiger partial charge is 0.287 e. The molecule has 0 bridgehead atoms. The van der Waals surface area contributed by atoms with Crippen LogP contribution in [-0.4, -0.2) is 9.55 Å². The quantitative estimate of drug-likeness (QED) is 0.436. The molecule has 124 valence electrons. The minimum atomic E-state index is 0.0366. The summed E-state index contributed by atoms with van der Waals surface area (Å²) in [5.74, 6) is 0.804. The first-order valence-corrected chi connectivity index (χ1v) is 9.75. The monoisotopic (exact) mass is 402 g/mol. The van der Waals surface area contributed by atoms with Crippen LogP contribution in [0.3, 0.4) is 0 Å². The fraction of sp³-hybridized carbons (Fsp3) is 0.263. The summed E-state index contributed by atoms with van der Waals surface area (Å²) in [6.07, 6.45) is 0.902. The summed E-state index contributed by atoms with van der Waals surface area (Å²) in [6, 6.07) is 14.2. The zero-order chi connectivity index (χ0) is 17.1. The number of hydrogen-bond donors (Lipinski definition) is 0. The van der Waals surface area contributed by atoms with E-state index in [2.05, 4.69) is 54.0 Å². The molecule has 2 aromatic carbocycles. The predicted octanol–water partition coefficient (Wildman–Crippen LogP) is 5.17. The first kappa shape index (κ1) is 17.2. The molecule has 0 aliphatic carbocycles. The zero-order valence-corrected chi connectivity index (χ0v) is 16.2. The number of thioether (sulfide) groups is 1. The van der Waals surface area contributed by atoms with Gasteiger partial charge in [-0.3, -0.25) is 9.36 Å². The zero-order valence-electron chi connectivity index (χ0n) is 13.8. The van der Waals surface area contributed by atoms with Gasteiger partial charge < -0.3 is 0 Å². The average molecular weight is 403 g/mol. The molecule has 0 radical (unpaired) electrons. The summed E-state index contributed by atoms with van der Waals surface area (Å²) < 4.78 is 2.70. The van der Waals surface area contributed by atoms with E-state index in [1.54, 1.807) is 16.3 Å². The molecular formula is C19H19BrN2OS. The maximum absolute atomic E-state index is 12.8. The van der Waals surface area contributed by atoms with Gasteiger partial charge in [-0.25, -0.2) is 4.98 Å². The van der Waals surface area contributed by atoms with Crippen molar-refractivity contribution in [3.05, 3.63) is 68.4 Å². The van der Waals surface area contributed by atoms with Crippen LogP contribution in [0.15, 0.2) is 56.9 Å². The van der Waals surface area contributed by atoms with Crippen molar-refractivity contribution in [2.75, 3.05) is 0 Å². The van der Waals surface area contributed by atoms with Gasteiger partial charge in [-0.15, -0.1) is 0 Å². The third kappa shape index (κ3) is 3.73. The van der Waals surface area contributed by atoms with Crippen LogP contribution >= 0.6 is 27.7 Å². The molecule has 0 saturated heterocycles. The third-order valence-corrected chi connectivity index (χ3v) is 5.36. The van der Waals surface area contributed by atoms with Gasteiger partial charge in [0.05, 0.1) is 10.9 Å². The Hall–Kier alpha value is -1.59. The van der Waals surface area contributed by atoms with Crippen LogP contribution < -0.4 is 5.56 Å². The van der Waals surface area contributed by atoms with Crippen LogP contribution in [0, 0.1) is 6.92 Å². The Morgan fingerprint density at radius 1 is 1.17 bits per heavy atom. The fourth-order valence-electron chi connectivity index (χ4n) is 2.54. The summed E-state index contributed by atoms with van der Waals surface area (Å²) in [5.41, 5.74) is 3.27. The van der Waals surface area contributed by atoms with E-state index in [9.17, 15) is 4.79 Å². The van der Waals surface area contributed by atoms with Crippen LogP contribution in [0.25, 0.3) is 10.9 Å². The van der Waals surface area contributed by atoms with Crippen molar-refractivity contribution >= 4 is 38.6 Å². The Balaban J connectivity index is 1.99. The Morgan fingerprint density at radius 3 is 2.62 bits per heavy atom. The second kappa shape index (κ2) is 7.53. The lowest BCUT2D eigenvalue weighted by molar-refractivity contribution is 0.584. The molecule has 0 unspecified atom stereocenters. The topological polar surface area (TPSA) is 34.9 Å². The maximum Gasteiger partial charge on any atom is 0.262 e. The lowest BCUT2D eigenvalue weighted by Crippen LogP contribution is -2.23. The summed E-state index contributed by atoms with van der Waals surface area (Å²) in [5, 5.41) is 1.45. The van der Waals surface area contributed by atoms with Gasteiger partial charge >= 0.3 is 0 Å². The van der Waals surface area contributed by atoms with Gasteiger partial charge in [0.25, 0.3) is 5.56 Å². The Kier molecular flexibility index (Phi) is 5.41. The van der Waals surface area contributed by atoms with Crippen LogP contribution in [0.4, 0.5) is 0 Å². The second-order valence-corrected chi connectivity index (χ2v) is 7.65. The van der Waals surface area contributed by atoms with E-state index in [0.717, 1.165) is 27.3 Å². The lowest BCUT2D eigenvalue weighted by Gasteiger charge is -2.12. The lowest BCUT2D eigenvalue weighted by atomic mass is 10.2. The van der Waals surface area contributed by atoms with Gasteiger partial charge in [-0.2, -0.15) is 0 Å². The van der Waals surface area contributed by atoms with E-state index in [1.807, 2.05) is 18.2 Å². The Bertz CT molecular complexity index is 919. The number of nitrogens with zero attached hydrogens (tertiary/aromatic N) is 2. The van der Waals surface area contributed by atoms with E-state index in [1.165, 1.54) is 11.1 Å². The standard InChI is InChI=1S/C19H19BrN2OS/c1-3-10-22-18(23)16-11-15(20)8-9-17(16)21-19(22)24-12-14-6-4-13(2)5-7-14/h4-9,11H,3,10,12H2,1-2H3. The van der Waals surface area contributed by atoms with E-state index in [4.69, 9.17) is 4.98 Å². The van der Waals surface area contributed by atoms with Crippen LogP contribution in [-0.2, 0) is 12.3 Å². The minimum absolute atomic E-state index is 0.0366. The van der Waals surface area contributed by atoms with Crippen LogP contribution in [0.5, 0.6) is 0 Å². The average Bonchev–Trinajstić information content (AvgIpc) is 2.58. The van der Waals surface area contributed by atoms with E-state index in [0.29, 0.717) is 11.9 Å². The smallest absolute Gasteiger partial charge is 0.262 e. The summed E-state index contributed by atoms with van der Waals surface area (Å²) in [4.78, 5) is 17.6. The van der Waals surface area contributed by atoms with Crippen molar-refractivity contribution in [2.24, 2.45) is 0 Å². The number of hydrogen-bond acceptors (Lipinski definition) is 3. The molecular weight excluding hydrogens is 384 g/mol. The van der Waals surface area contributed by atoms with Gasteiger partial charge in [-0.05, 0) is 37.1 Å². The van der Waals surface area contributed by atoms with E-state index >= 15 is 0 Å². The van der Waals surface area contributed by atoms with Gasteiger partial charge in [-0.1, -0.05) is 64.4 Å². The van der Waals surface area contributed by atoms with Crippen molar-refractivity contribution in [1.29, 1.82) is 0 Å². The normalized spacial score (nSPS) is 11.1. The van der Waals surface area contributed by atoms with E-state index < -0.39 is 0 Å². The van der Waals surface area contributed by atoms with Crippen molar-refractivity contribution in [2.45, 2.75) is 37.7 Å². The molecule has 0 N–H and O–H groups in total. The molecule has 3 aromatic rings. The predicted molar refractivity (Wildman–Crippen MR) is 105 cm³/mol. The molecule has 0 spiro atoms. The number of aromatic nitrogens is 2. The van der Waals surface area contributed by atoms with Gasteiger partial charge in [0.15, 0.2) is 5.16 Å². The number of aryl methyl sites for hydroxylation is 1.